The maximum Gasteiger partial charge on any atom is 0.310 e. The van der Waals surface area contributed by atoms with Gasteiger partial charge in [-0.05, 0) is 62.4 Å². The summed E-state index contributed by atoms with van der Waals surface area (Å²) in [7, 11) is 2.12. The Bertz CT molecular complexity index is 579. The molecule has 0 aromatic heterocycles. The molecule has 3 nitrogen and oxygen atoms in total. The number of likely N-dealkylation sites (N-methyl/N-ethyl adjacent to an activating group) is 1. The molecule has 1 atom stereocenters. The third-order valence-electron chi connectivity index (χ3n) is 5.03. The fourth-order valence-corrected chi connectivity index (χ4v) is 3.52. The summed E-state index contributed by atoms with van der Waals surface area (Å²) in [5.41, 5.74) is 3.71. The Morgan fingerprint density at radius 2 is 2.22 bits per heavy atom. The van der Waals surface area contributed by atoms with E-state index in [0.29, 0.717) is 19.1 Å². The lowest BCUT2D eigenvalue weighted by Gasteiger charge is -2.31. The summed E-state index contributed by atoms with van der Waals surface area (Å²) in [4.78, 5) is 14.4. The molecule has 1 heterocycles. The van der Waals surface area contributed by atoms with E-state index in [2.05, 4.69) is 42.3 Å². The molecule has 2 aliphatic rings. The van der Waals surface area contributed by atoms with Gasteiger partial charge in [-0.25, -0.2) is 0 Å². The van der Waals surface area contributed by atoms with E-state index in [9.17, 15) is 4.79 Å². The number of allylic oxidation sites excluding steroid dienone is 1. The maximum absolute atomic E-state index is 12.1. The minimum Gasteiger partial charge on any atom is -0.464 e. The predicted molar refractivity (Wildman–Crippen MR) is 93.3 cm³/mol. The quantitative estimate of drug-likeness (QED) is 0.795. The summed E-state index contributed by atoms with van der Waals surface area (Å²) in [6.45, 7) is 1.64. The minimum absolute atomic E-state index is 0.110. The van der Waals surface area contributed by atoms with Crippen molar-refractivity contribution in [1.29, 1.82) is 0 Å². The first kappa shape index (κ1) is 16.3. The van der Waals surface area contributed by atoms with Gasteiger partial charge in [0.25, 0.3) is 0 Å². The number of rotatable bonds is 4. The van der Waals surface area contributed by atoms with Gasteiger partial charge in [-0.3, -0.25) is 4.79 Å². The van der Waals surface area contributed by atoms with Crippen LogP contribution in [0, 0.1) is 0 Å². The number of aryl methyl sites for hydroxylation is 1. The zero-order valence-corrected chi connectivity index (χ0v) is 14.1. The second kappa shape index (κ2) is 7.78. The first-order valence-corrected chi connectivity index (χ1v) is 8.86. The fourth-order valence-electron chi connectivity index (χ4n) is 3.52. The second-order valence-corrected chi connectivity index (χ2v) is 6.82. The highest BCUT2D eigenvalue weighted by Crippen LogP contribution is 2.21. The molecular formula is C20H27NO2. The Hall–Kier alpha value is -1.61. The van der Waals surface area contributed by atoms with Crippen molar-refractivity contribution in [2.75, 3.05) is 20.2 Å². The Kier molecular flexibility index (Phi) is 5.50. The number of ether oxygens (including phenoxy) is 1. The molecule has 0 spiro atoms. The lowest BCUT2D eigenvalue weighted by Crippen LogP contribution is -2.40. The predicted octanol–water partition coefficient (Wildman–Crippen LogP) is 3.61. The first-order valence-electron chi connectivity index (χ1n) is 8.86. The van der Waals surface area contributed by atoms with E-state index in [1.54, 1.807) is 0 Å². The molecule has 1 fully saturated rings. The van der Waals surface area contributed by atoms with Crippen molar-refractivity contribution in [2.24, 2.45) is 0 Å². The number of fused-ring (bicyclic) bond motifs is 1. The Labute approximate surface area is 139 Å². The van der Waals surface area contributed by atoms with Gasteiger partial charge in [0.05, 0.1) is 6.42 Å². The number of piperidine rings is 1. The van der Waals surface area contributed by atoms with Crippen LogP contribution in [0.3, 0.4) is 0 Å². The van der Waals surface area contributed by atoms with Gasteiger partial charge in [0.1, 0.15) is 6.61 Å². The minimum atomic E-state index is -0.110. The van der Waals surface area contributed by atoms with Crippen LogP contribution in [0.1, 0.15) is 48.8 Å². The van der Waals surface area contributed by atoms with Crippen molar-refractivity contribution in [3.63, 3.8) is 0 Å². The average molecular weight is 313 g/mol. The van der Waals surface area contributed by atoms with Crippen LogP contribution in [0.5, 0.6) is 0 Å². The molecule has 1 unspecified atom stereocenters. The first-order chi connectivity index (χ1) is 11.2. The molecule has 23 heavy (non-hydrogen) atoms. The summed E-state index contributed by atoms with van der Waals surface area (Å²) < 4.78 is 5.53. The third-order valence-corrected chi connectivity index (χ3v) is 5.03. The number of hydrogen-bond acceptors (Lipinski definition) is 3. The van der Waals surface area contributed by atoms with E-state index < -0.39 is 0 Å². The molecule has 124 valence electrons. The number of benzene rings is 1. The van der Waals surface area contributed by atoms with Crippen molar-refractivity contribution in [1.82, 2.24) is 4.90 Å². The van der Waals surface area contributed by atoms with Crippen LogP contribution in [0.4, 0.5) is 0 Å². The summed E-state index contributed by atoms with van der Waals surface area (Å²) >= 11 is 0. The van der Waals surface area contributed by atoms with Gasteiger partial charge >= 0.3 is 5.97 Å². The largest absolute Gasteiger partial charge is 0.464 e. The molecule has 0 radical (unpaired) electrons. The maximum atomic E-state index is 12.1. The van der Waals surface area contributed by atoms with E-state index in [1.807, 2.05) is 0 Å². The van der Waals surface area contributed by atoms with E-state index in [4.69, 9.17) is 4.74 Å². The zero-order valence-electron chi connectivity index (χ0n) is 14.1. The number of nitrogens with zero attached hydrogens (tertiary/aromatic N) is 1. The molecule has 1 aromatic rings. The fraction of sp³-hybridized carbons (Fsp3) is 0.550. The van der Waals surface area contributed by atoms with Gasteiger partial charge < -0.3 is 9.64 Å². The lowest BCUT2D eigenvalue weighted by atomic mass is 10.00. The monoisotopic (exact) mass is 313 g/mol. The Morgan fingerprint density at radius 1 is 1.30 bits per heavy atom. The Balaban J connectivity index is 1.54. The number of esters is 1. The van der Waals surface area contributed by atoms with Gasteiger partial charge in [0.2, 0.25) is 0 Å². The topological polar surface area (TPSA) is 29.5 Å². The van der Waals surface area contributed by atoms with Crippen LogP contribution >= 0.6 is 0 Å². The molecule has 3 rings (SSSR count). The van der Waals surface area contributed by atoms with Crippen LogP contribution in [0.15, 0.2) is 24.3 Å². The Morgan fingerprint density at radius 3 is 3.09 bits per heavy atom. The third kappa shape index (κ3) is 4.44. The molecule has 1 aliphatic carbocycles. The van der Waals surface area contributed by atoms with Crippen molar-refractivity contribution in [2.45, 2.75) is 51.0 Å². The molecule has 0 bridgehead atoms. The molecule has 1 saturated heterocycles. The van der Waals surface area contributed by atoms with Gasteiger partial charge in [0.15, 0.2) is 0 Å². The lowest BCUT2D eigenvalue weighted by molar-refractivity contribution is -0.144. The zero-order chi connectivity index (χ0) is 16.1. The van der Waals surface area contributed by atoms with Gasteiger partial charge in [-0.1, -0.05) is 36.8 Å². The van der Waals surface area contributed by atoms with Crippen LogP contribution in [0.25, 0.3) is 6.08 Å². The normalized spacial score (nSPS) is 21.5. The van der Waals surface area contributed by atoms with E-state index in [0.717, 1.165) is 31.4 Å². The van der Waals surface area contributed by atoms with Crippen molar-refractivity contribution in [3.05, 3.63) is 41.0 Å². The molecule has 1 aromatic carbocycles. The van der Waals surface area contributed by atoms with Crippen molar-refractivity contribution >= 4 is 12.0 Å². The summed E-state index contributed by atoms with van der Waals surface area (Å²) in [5.74, 6) is -0.110. The van der Waals surface area contributed by atoms with Gasteiger partial charge in [0, 0.05) is 6.04 Å². The highest BCUT2D eigenvalue weighted by molar-refractivity contribution is 5.73. The molecular weight excluding hydrogens is 286 g/mol. The number of hydrogen-bond donors (Lipinski definition) is 0. The second-order valence-electron chi connectivity index (χ2n) is 6.82. The van der Waals surface area contributed by atoms with Crippen LogP contribution in [-0.4, -0.2) is 37.1 Å². The smallest absolute Gasteiger partial charge is 0.310 e. The van der Waals surface area contributed by atoms with E-state index in [-0.39, 0.29) is 5.97 Å². The summed E-state index contributed by atoms with van der Waals surface area (Å²) in [6.07, 6.45) is 11.9. The van der Waals surface area contributed by atoms with E-state index >= 15 is 0 Å². The molecule has 1 aliphatic heterocycles. The standard InChI is InChI=1S/C20H27NO2/c1-21-12-6-5-9-19(21)15-23-20(22)14-16-10-11-17-7-3-2-4-8-18(17)13-16/h4,8,10-11,13,19H,2-3,5-7,9,12,14-15H2,1H3. The SMILES string of the molecule is CN1CCCCC1COC(=O)Cc1ccc2c(c1)C=CCCC2. The van der Waals surface area contributed by atoms with Crippen molar-refractivity contribution in [3.8, 4) is 0 Å². The summed E-state index contributed by atoms with van der Waals surface area (Å²) in [6, 6.07) is 6.78. The number of carbonyl (C=O) groups excluding carboxylic acids is 1. The molecule has 0 saturated carbocycles. The average Bonchev–Trinajstić information content (AvgIpc) is 2.79. The highest BCUT2D eigenvalue weighted by Gasteiger charge is 2.20. The van der Waals surface area contributed by atoms with Crippen molar-refractivity contribution < 1.29 is 9.53 Å². The van der Waals surface area contributed by atoms with E-state index in [1.165, 1.54) is 30.4 Å². The van der Waals surface area contributed by atoms with Crippen LogP contribution in [0.2, 0.25) is 0 Å². The highest BCUT2D eigenvalue weighted by atomic mass is 16.5. The number of carbonyl (C=O) groups is 1. The molecule has 0 N–H and O–H groups in total. The van der Waals surface area contributed by atoms with Crippen LogP contribution in [-0.2, 0) is 22.4 Å². The van der Waals surface area contributed by atoms with Gasteiger partial charge in [-0.15, -0.1) is 0 Å². The molecule has 3 heteroatoms. The molecule has 0 amide bonds. The number of likely N-dealkylation sites (tertiary alicyclic amines) is 1. The van der Waals surface area contributed by atoms with Crippen LogP contribution < -0.4 is 0 Å². The van der Waals surface area contributed by atoms with Gasteiger partial charge in [-0.2, -0.15) is 0 Å². The summed E-state index contributed by atoms with van der Waals surface area (Å²) in [5, 5.41) is 0.